The number of esters is 1. The number of fused-ring (bicyclic) bond motifs is 1. The van der Waals surface area contributed by atoms with Crippen molar-refractivity contribution in [2.45, 2.75) is 26.2 Å². The maximum Gasteiger partial charge on any atom is 0.306 e. The van der Waals surface area contributed by atoms with Gasteiger partial charge >= 0.3 is 5.97 Å². The molecule has 1 atom stereocenters. The fourth-order valence-electron chi connectivity index (χ4n) is 4.45. The maximum atomic E-state index is 13.3. The maximum absolute atomic E-state index is 13.3. The molecule has 0 amide bonds. The number of rotatable bonds is 9. The standard InChI is InChI=1S/C30H30O11/c1-14(2)13-40-22-8-6-15(10-23(22)38-3)17(11-24(35)39-4)25-20(33)12-21(34)26-27(36)28(37)29(41-30(25)26)16-5-7-18(31)19(32)9-16/h5-10,12,14,17,31-34,37H,11,13H2,1-4H3. The monoisotopic (exact) mass is 566 g/mol. The van der Waals surface area contributed by atoms with Gasteiger partial charge < -0.3 is 44.2 Å². The minimum absolute atomic E-state index is 0.0171. The van der Waals surface area contributed by atoms with Gasteiger partial charge in [0.15, 0.2) is 28.8 Å². The molecule has 4 rings (SSSR count). The summed E-state index contributed by atoms with van der Waals surface area (Å²) in [4.78, 5) is 25.8. The molecule has 0 saturated carbocycles. The Morgan fingerprint density at radius 3 is 2.24 bits per heavy atom. The van der Waals surface area contributed by atoms with Crippen molar-refractivity contribution in [2.75, 3.05) is 20.8 Å². The SMILES string of the molecule is COC(=O)CC(c1ccc(OCC(C)C)c(OC)c1)c1c(O)cc(O)c2c(=O)c(O)c(-c3ccc(O)c(O)c3)oc12. The molecule has 41 heavy (non-hydrogen) atoms. The Labute approximate surface area is 234 Å². The number of phenolic OH excluding ortho intramolecular Hbond substituents is 4. The highest BCUT2D eigenvalue weighted by atomic mass is 16.5. The van der Waals surface area contributed by atoms with E-state index in [4.69, 9.17) is 18.6 Å². The number of hydrogen-bond donors (Lipinski definition) is 5. The van der Waals surface area contributed by atoms with Gasteiger partial charge in [-0.05, 0) is 41.8 Å². The molecule has 0 aliphatic carbocycles. The highest BCUT2D eigenvalue weighted by molar-refractivity contribution is 5.92. The number of hydrogen-bond acceptors (Lipinski definition) is 11. The van der Waals surface area contributed by atoms with Crippen LogP contribution in [-0.2, 0) is 9.53 Å². The first-order valence-electron chi connectivity index (χ1n) is 12.6. The van der Waals surface area contributed by atoms with Crippen molar-refractivity contribution in [3.63, 3.8) is 0 Å². The number of aromatic hydroxyl groups is 5. The summed E-state index contributed by atoms with van der Waals surface area (Å²) >= 11 is 0. The molecule has 1 heterocycles. The minimum atomic E-state index is -1.03. The lowest BCUT2D eigenvalue weighted by molar-refractivity contribution is -0.140. The van der Waals surface area contributed by atoms with E-state index in [-0.39, 0.29) is 29.0 Å². The van der Waals surface area contributed by atoms with E-state index in [1.807, 2.05) is 13.8 Å². The molecular formula is C30H30O11. The summed E-state index contributed by atoms with van der Waals surface area (Å²) < 4.78 is 22.2. The Morgan fingerprint density at radius 1 is 0.878 bits per heavy atom. The third kappa shape index (κ3) is 5.65. The first-order chi connectivity index (χ1) is 19.5. The lowest BCUT2D eigenvalue weighted by Gasteiger charge is -2.22. The van der Waals surface area contributed by atoms with Gasteiger partial charge in [-0.1, -0.05) is 19.9 Å². The molecule has 5 N–H and O–H groups in total. The fraction of sp³-hybridized carbons (Fsp3) is 0.267. The zero-order chi connectivity index (χ0) is 30.0. The van der Waals surface area contributed by atoms with Crippen LogP contribution in [0.5, 0.6) is 40.2 Å². The normalized spacial score (nSPS) is 11.9. The topological polar surface area (TPSA) is 176 Å². The Bertz CT molecular complexity index is 1670. The first-order valence-corrected chi connectivity index (χ1v) is 12.6. The van der Waals surface area contributed by atoms with Crippen LogP contribution in [0.25, 0.3) is 22.3 Å². The Balaban J connectivity index is 2.01. The molecule has 0 aliphatic heterocycles. The van der Waals surface area contributed by atoms with Crippen molar-refractivity contribution in [3.05, 3.63) is 63.8 Å². The summed E-state index contributed by atoms with van der Waals surface area (Å²) in [5, 5.41) is 51.6. The molecule has 0 spiro atoms. The van der Waals surface area contributed by atoms with Crippen LogP contribution in [0.3, 0.4) is 0 Å². The summed E-state index contributed by atoms with van der Waals surface area (Å²) in [6, 6.07) is 9.31. The van der Waals surface area contributed by atoms with E-state index >= 15 is 0 Å². The number of carbonyl (C=O) groups is 1. The highest BCUT2D eigenvalue weighted by Gasteiger charge is 2.30. The molecule has 4 aromatic rings. The molecule has 11 heteroatoms. The third-order valence-corrected chi connectivity index (χ3v) is 6.49. The number of carbonyl (C=O) groups excluding carboxylic acids is 1. The van der Waals surface area contributed by atoms with Gasteiger partial charge in [-0.25, -0.2) is 0 Å². The second kappa shape index (κ2) is 11.6. The van der Waals surface area contributed by atoms with Crippen molar-refractivity contribution in [1.29, 1.82) is 0 Å². The smallest absolute Gasteiger partial charge is 0.306 e. The predicted octanol–water partition coefficient (Wildman–Crippen LogP) is 4.73. The molecule has 0 bridgehead atoms. The summed E-state index contributed by atoms with van der Waals surface area (Å²) in [5.74, 6) is -4.05. The highest BCUT2D eigenvalue weighted by Crippen LogP contribution is 2.46. The van der Waals surface area contributed by atoms with E-state index in [9.17, 15) is 35.1 Å². The van der Waals surface area contributed by atoms with Crippen molar-refractivity contribution >= 4 is 16.9 Å². The second-order valence-corrected chi connectivity index (χ2v) is 9.79. The van der Waals surface area contributed by atoms with Gasteiger partial charge in [0.1, 0.15) is 22.5 Å². The molecule has 0 aliphatic rings. The van der Waals surface area contributed by atoms with Gasteiger partial charge in [0, 0.05) is 23.1 Å². The summed E-state index contributed by atoms with van der Waals surface area (Å²) in [7, 11) is 2.65. The van der Waals surface area contributed by atoms with Gasteiger partial charge in [0.2, 0.25) is 11.2 Å². The molecule has 11 nitrogen and oxygen atoms in total. The van der Waals surface area contributed by atoms with E-state index in [0.717, 1.165) is 18.2 Å². The van der Waals surface area contributed by atoms with Crippen LogP contribution >= 0.6 is 0 Å². The third-order valence-electron chi connectivity index (χ3n) is 6.49. The van der Waals surface area contributed by atoms with Gasteiger partial charge in [-0.2, -0.15) is 0 Å². The zero-order valence-corrected chi connectivity index (χ0v) is 22.8. The molecule has 1 unspecified atom stereocenters. The predicted molar refractivity (Wildman–Crippen MR) is 148 cm³/mol. The molecule has 0 fully saturated rings. The van der Waals surface area contributed by atoms with Gasteiger partial charge in [-0.3, -0.25) is 9.59 Å². The summed E-state index contributed by atoms with van der Waals surface area (Å²) in [6.07, 6.45) is -0.320. The first kappa shape index (κ1) is 28.9. The molecule has 3 aromatic carbocycles. The van der Waals surface area contributed by atoms with Gasteiger partial charge in [0.05, 0.1) is 27.2 Å². The average Bonchev–Trinajstić information content (AvgIpc) is 2.94. The van der Waals surface area contributed by atoms with E-state index in [2.05, 4.69) is 0 Å². The lowest BCUT2D eigenvalue weighted by Crippen LogP contribution is -2.13. The molecule has 0 radical (unpaired) electrons. The molecular weight excluding hydrogens is 536 g/mol. The van der Waals surface area contributed by atoms with Crippen molar-refractivity contribution < 1.29 is 49.0 Å². The molecule has 0 saturated heterocycles. The second-order valence-electron chi connectivity index (χ2n) is 9.79. The van der Waals surface area contributed by atoms with Crippen LogP contribution in [0.1, 0.15) is 37.3 Å². The van der Waals surface area contributed by atoms with E-state index in [1.165, 1.54) is 20.3 Å². The van der Waals surface area contributed by atoms with Crippen LogP contribution in [0.15, 0.2) is 51.7 Å². The van der Waals surface area contributed by atoms with Crippen LogP contribution in [0.2, 0.25) is 0 Å². The fourth-order valence-corrected chi connectivity index (χ4v) is 4.45. The largest absolute Gasteiger partial charge is 0.507 e. The summed E-state index contributed by atoms with van der Waals surface area (Å²) in [6.45, 7) is 4.41. The van der Waals surface area contributed by atoms with Gasteiger partial charge in [-0.15, -0.1) is 0 Å². The number of ether oxygens (including phenoxy) is 3. The summed E-state index contributed by atoms with van der Waals surface area (Å²) in [5.41, 5.74) is -0.933. The zero-order valence-electron chi connectivity index (χ0n) is 22.8. The average molecular weight is 567 g/mol. The number of methoxy groups -OCH3 is 2. The Morgan fingerprint density at radius 2 is 1.61 bits per heavy atom. The van der Waals surface area contributed by atoms with Crippen LogP contribution in [0.4, 0.5) is 0 Å². The van der Waals surface area contributed by atoms with E-state index in [0.29, 0.717) is 23.7 Å². The van der Waals surface area contributed by atoms with Crippen molar-refractivity contribution in [1.82, 2.24) is 0 Å². The molecule has 1 aromatic heterocycles. The quantitative estimate of drug-likeness (QED) is 0.140. The van der Waals surface area contributed by atoms with E-state index < -0.39 is 57.2 Å². The minimum Gasteiger partial charge on any atom is -0.507 e. The van der Waals surface area contributed by atoms with Gasteiger partial charge in [0.25, 0.3) is 0 Å². The van der Waals surface area contributed by atoms with Crippen molar-refractivity contribution in [2.24, 2.45) is 5.92 Å². The van der Waals surface area contributed by atoms with Crippen LogP contribution < -0.4 is 14.9 Å². The van der Waals surface area contributed by atoms with Crippen LogP contribution in [0, 0.1) is 5.92 Å². The Hall–Kier alpha value is -5.06. The van der Waals surface area contributed by atoms with E-state index in [1.54, 1.807) is 18.2 Å². The van der Waals surface area contributed by atoms with Crippen molar-refractivity contribution in [3.8, 4) is 51.6 Å². The number of benzene rings is 3. The number of phenols is 4. The lowest BCUT2D eigenvalue weighted by atomic mass is 9.86. The molecule has 216 valence electrons. The Kier molecular flexibility index (Phi) is 8.18. The van der Waals surface area contributed by atoms with Crippen LogP contribution in [-0.4, -0.2) is 52.3 Å².